The van der Waals surface area contributed by atoms with E-state index in [9.17, 15) is 0 Å². The van der Waals surface area contributed by atoms with Crippen molar-refractivity contribution in [2.45, 2.75) is 0 Å². The van der Waals surface area contributed by atoms with E-state index in [0.717, 1.165) is 28.3 Å². The number of fused-ring (bicyclic) bond motifs is 7. The maximum absolute atomic E-state index is 2.44. The van der Waals surface area contributed by atoms with Gasteiger partial charge in [-0.25, -0.2) is 0 Å². The largest absolute Gasteiger partial charge is 0.310 e. The van der Waals surface area contributed by atoms with E-state index in [-0.39, 0.29) is 0 Å². The van der Waals surface area contributed by atoms with Crippen molar-refractivity contribution in [3.05, 3.63) is 255 Å². The molecule has 3 heteroatoms. The summed E-state index contributed by atoms with van der Waals surface area (Å²) in [6, 6.07) is 93.1. The Kier molecular flexibility index (Phi) is 9.40. The van der Waals surface area contributed by atoms with Crippen LogP contribution in [0.3, 0.4) is 0 Å². The summed E-state index contributed by atoms with van der Waals surface area (Å²) in [5, 5.41) is 7.59. The molecule has 11 aromatic carbocycles. The lowest BCUT2D eigenvalue weighted by Gasteiger charge is -2.29. The van der Waals surface area contributed by atoms with E-state index >= 15 is 0 Å². The molecule has 0 saturated heterocycles. The van der Waals surface area contributed by atoms with E-state index in [1.165, 1.54) is 91.7 Å². The molecule has 0 spiro atoms. The van der Waals surface area contributed by atoms with Gasteiger partial charge >= 0.3 is 0 Å². The predicted molar refractivity (Wildman–Crippen MR) is 288 cm³/mol. The first-order valence-electron chi connectivity index (χ1n) is 22.9. The van der Waals surface area contributed by atoms with E-state index in [1.54, 1.807) is 0 Å². The van der Waals surface area contributed by atoms with Crippen LogP contribution >= 0.6 is 11.3 Å². The Hall–Kier alpha value is -8.50. The normalized spacial score (nSPS) is 11.6. The zero-order valence-corrected chi connectivity index (χ0v) is 37.4. The van der Waals surface area contributed by atoms with Gasteiger partial charge in [-0.2, -0.15) is 0 Å². The molecule has 0 atom stereocenters. The zero-order valence-electron chi connectivity index (χ0n) is 36.6. The first kappa shape index (κ1) is 38.9. The lowest BCUT2D eigenvalue weighted by atomic mass is 9.90. The Morgan fingerprint density at radius 3 is 1.52 bits per heavy atom. The molecule has 13 rings (SSSR count). The average molecular weight is 871 g/mol. The minimum atomic E-state index is 1.08. The molecule has 0 N–H and O–H groups in total. The third kappa shape index (κ3) is 6.55. The number of anilines is 3. The smallest absolute Gasteiger partial charge is 0.0547 e. The summed E-state index contributed by atoms with van der Waals surface area (Å²) >= 11 is 1.86. The highest BCUT2D eigenvalue weighted by Gasteiger charge is 2.22. The van der Waals surface area contributed by atoms with Crippen LogP contribution in [0.5, 0.6) is 0 Å². The number of para-hydroxylation sites is 3. The third-order valence-electron chi connectivity index (χ3n) is 13.4. The van der Waals surface area contributed by atoms with Crippen molar-refractivity contribution in [1.82, 2.24) is 4.57 Å². The molecule has 314 valence electrons. The Labute approximate surface area is 393 Å². The quantitative estimate of drug-likeness (QED) is 0.148. The van der Waals surface area contributed by atoms with Gasteiger partial charge in [-0.3, -0.25) is 0 Å². The molecule has 0 bridgehead atoms. The summed E-state index contributed by atoms with van der Waals surface area (Å²) in [6.07, 6.45) is 0. The van der Waals surface area contributed by atoms with Gasteiger partial charge in [0.2, 0.25) is 0 Å². The highest BCUT2D eigenvalue weighted by molar-refractivity contribution is 7.25. The lowest BCUT2D eigenvalue weighted by Crippen LogP contribution is -2.11. The van der Waals surface area contributed by atoms with E-state index in [0.29, 0.717) is 0 Å². The Bertz CT molecular complexity index is 3950. The number of nitrogens with zero attached hydrogens (tertiary/aromatic N) is 2. The molecule has 2 nitrogen and oxygen atoms in total. The molecular weight excluding hydrogens is 829 g/mol. The monoisotopic (exact) mass is 870 g/mol. The van der Waals surface area contributed by atoms with Gasteiger partial charge in [0.05, 0.1) is 16.7 Å². The second-order valence-electron chi connectivity index (χ2n) is 17.2. The SMILES string of the molecule is c1ccc(-c2cccc3cccc(-c4ccccc4N(c4ccc(-c5cccc6sc7ccccc7c56)cc4)c4ccc(-c5cccc6c5c5ccccc5n6-c5ccccc5)cc4)c23)cc1. The first-order chi connectivity index (χ1) is 33.3. The number of aromatic nitrogens is 1. The molecule has 0 unspecified atom stereocenters. The van der Waals surface area contributed by atoms with Crippen molar-refractivity contribution >= 4 is 81.1 Å². The Balaban J connectivity index is 0.989. The molecule has 0 aliphatic heterocycles. The van der Waals surface area contributed by atoms with Gasteiger partial charge in [0, 0.05) is 53.6 Å². The van der Waals surface area contributed by atoms with Gasteiger partial charge in [-0.15, -0.1) is 11.3 Å². The first-order valence-corrected chi connectivity index (χ1v) is 23.7. The van der Waals surface area contributed by atoms with Gasteiger partial charge < -0.3 is 9.47 Å². The molecule has 2 aromatic heterocycles. The van der Waals surface area contributed by atoms with Crippen LogP contribution in [-0.4, -0.2) is 4.57 Å². The second-order valence-corrected chi connectivity index (χ2v) is 18.3. The fourth-order valence-electron chi connectivity index (χ4n) is 10.5. The number of thiophene rings is 1. The average Bonchev–Trinajstić information content (AvgIpc) is 3.96. The summed E-state index contributed by atoms with van der Waals surface area (Å²) in [6.45, 7) is 0. The molecule has 0 radical (unpaired) electrons. The minimum absolute atomic E-state index is 1.08. The van der Waals surface area contributed by atoms with Crippen LogP contribution in [0.2, 0.25) is 0 Å². The van der Waals surface area contributed by atoms with Crippen molar-refractivity contribution in [2.75, 3.05) is 4.90 Å². The van der Waals surface area contributed by atoms with Crippen molar-refractivity contribution in [2.24, 2.45) is 0 Å². The van der Waals surface area contributed by atoms with E-state index < -0.39 is 0 Å². The predicted octanol–water partition coefficient (Wildman–Crippen LogP) is 18.4. The minimum Gasteiger partial charge on any atom is -0.310 e. The van der Waals surface area contributed by atoms with Crippen LogP contribution in [0.1, 0.15) is 0 Å². The summed E-state index contributed by atoms with van der Waals surface area (Å²) in [5.74, 6) is 0. The molecule has 67 heavy (non-hydrogen) atoms. The van der Waals surface area contributed by atoms with Crippen LogP contribution in [-0.2, 0) is 0 Å². The molecular formula is C64H42N2S. The van der Waals surface area contributed by atoms with Gasteiger partial charge in [0.15, 0.2) is 0 Å². The maximum Gasteiger partial charge on any atom is 0.0547 e. The standard InChI is InChI=1S/C64H42N2S/c1-3-17-43(18-4-1)50-26-13-19-46-20-14-29-54(62(46)50)53-23-7-10-30-57(53)65(49-41-37-45(38-42-49)52-28-16-34-61-64(52)56-25-9-12-33-60(56)67-61)48-39-35-44(36-40-48)51-27-15-32-59-63(51)55-24-8-11-31-58(55)66(59)47-21-5-2-6-22-47/h1-42H. The topological polar surface area (TPSA) is 8.17 Å². The van der Waals surface area contributed by atoms with Crippen molar-refractivity contribution in [1.29, 1.82) is 0 Å². The Morgan fingerprint density at radius 1 is 0.299 bits per heavy atom. The van der Waals surface area contributed by atoms with Crippen LogP contribution in [0.4, 0.5) is 17.1 Å². The summed E-state index contributed by atoms with van der Waals surface area (Å²) in [4.78, 5) is 2.44. The van der Waals surface area contributed by atoms with Gasteiger partial charge in [0.25, 0.3) is 0 Å². The Morgan fingerprint density at radius 2 is 0.791 bits per heavy atom. The van der Waals surface area contributed by atoms with Crippen LogP contribution < -0.4 is 4.90 Å². The van der Waals surface area contributed by atoms with E-state index in [2.05, 4.69) is 264 Å². The third-order valence-corrected chi connectivity index (χ3v) is 14.5. The molecule has 0 amide bonds. The molecule has 2 heterocycles. The summed E-state index contributed by atoms with van der Waals surface area (Å²) < 4.78 is 5.02. The number of hydrogen-bond acceptors (Lipinski definition) is 2. The molecule has 0 aliphatic rings. The van der Waals surface area contributed by atoms with Crippen molar-refractivity contribution in [3.63, 3.8) is 0 Å². The van der Waals surface area contributed by atoms with Crippen LogP contribution in [0.15, 0.2) is 255 Å². The summed E-state index contributed by atoms with van der Waals surface area (Å²) in [5.41, 5.74) is 16.5. The zero-order chi connectivity index (χ0) is 44.3. The maximum atomic E-state index is 2.44. The number of rotatable bonds is 8. The lowest BCUT2D eigenvalue weighted by molar-refractivity contribution is 1.18. The van der Waals surface area contributed by atoms with Crippen molar-refractivity contribution in [3.8, 4) is 50.2 Å². The fraction of sp³-hybridized carbons (Fsp3) is 0. The number of benzene rings is 11. The summed E-state index contributed by atoms with van der Waals surface area (Å²) in [7, 11) is 0. The van der Waals surface area contributed by atoms with Gasteiger partial charge in [-0.1, -0.05) is 188 Å². The molecule has 13 aromatic rings. The number of hydrogen-bond donors (Lipinski definition) is 0. The van der Waals surface area contributed by atoms with Gasteiger partial charge in [0.1, 0.15) is 0 Å². The highest BCUT2D eigenvalue weighted by Crippen LogP contribution is 2.47. The van der Waals surface area contributed by atoms with Crippen LogP contribution in [0.25, 0.3) is 103 Å². The van der Waals surface area contributed by atoms with E-state index in [1.807, 2.05) is 11.3 Å². The van der Waals surface area contributed by atoms with Crippen molar-refractivity contribution < 1.29 is 0 Å². The van der Waals surface area contributed by atoms with Crippen LogP contribution in [0, 0.1) is 0 Å². The second kappa shape index (κ2) is 16.2. The van der Waals surface area contributed by atoms with E-state index in [4.69, 9.17) is 0 Å². The fourth-order valence-corrected chi connectivity index (χ4v) is 11.6. The molecule has 0 fully saturated rings. The highest BCUT2D eigenvalue weighted by atomic mass is 32.1. The molecule has 0 aliphatic carbocycles. The molecule has 0 saturated carbocycles. The van der Waals surface area contributed by atoms with Gasteiger partial charge in [-0.05, 0) is 116 Å².